The van der Waals surface area contributed by atoms with E-state index in [1.165, 1.54) is 12.0 Å². The molecule has 1 aromatic heterocycles. The SMILES string of the molecule is COC(=O)CCC#Cc1cccc2c1CC(C(=O)N1CCC=C(c3ccc4oc(C(=O)N(C)C)cc4c3)C1)N(C=O)C2. The molecule has 0 bridgehead atoms. The highest BCUT2D eigenvalue weighted by molar-refractivity contribution is 5.96. The van der Waals surface area contributed by atoms with Crippen molar-refractivity contribution in [2.24, 2.45) is 0 Å². The van der Waals surface area contributed by atoms with Crippen molar-refractivity contribution in [2.45, 2.75) is 38.3 Å². The molecule has 0 saturated carbocycles. The van der Waals surface area contributed by atoms with Gasteiger partial charge >= 0.3 is 5.97 Å². The molecule has 0 N–H and O–H groups in total. The van der Waals surface area contributed by atoms with Crippen LogP contribution in [0.2, 0.25) is 0 Å². The summed E-state index contributed by atoms with van der Waals surface area (Å²) in [4.78, 5) is 54.6. The molecule has 1 unspecified atom stereocenters. The molecular weight excluding hydrogens is 534 g/mol. The van der Waals surface area contributed by atoms with Crippen LogP contribution in [0, 0.1) is 11.8 Å². The second-order valence-electron chi connectivity index (χ2n) is 10.7. The van der Waals surface area contributed by atoms with E-state index in [2.05, 4.69) is 22.7 Å². The summed E-state index contributed by atoms with van der Waals surface area (Å²) in [5.74, 6) is 5.85. The molecule has 0 saturated heterocycles. The number of rotatable bonds is 6. The van der Waals surface area contributed by atoms with E-state index < -0.39 is 6.04 Å². The van der Waals surface area contributed by atoms with Crippen molar-refractivity contribution < 1.29 is 28.3 Å². The number of nitrogens with zero attached hydrogens (tertiary/aromatic N) is 3. The van der Waals surface area contributed by atoms with Crippen molar-refractivity contribution in [2.75, 3.05) is 34.3 Å². The van der Waals surface area contributed by atoms with Gasteiger partial charge in [0.1, 0.15) is 11.6 Å². The van der Waals surface area contributed by atoms with E-state index in [-0.39, 0.29) is 30.0 Å². The Morgan fingerprint density at radius 2 is 1.98 bits per heavy atom. The van der Waals surface area contributed by atoms with Gasteiger partial charge in [0.05, 0.1) is 13.5 Å². The Bertz CT molecular complexity index is 1640. The number of hydrogen-bond donors (Lipinski definition) is 0. The summed E-state index contributed by atoms with van der Waals surface area (Å²) in [6.45, 7) is 1.30. The van der Waals surface area contributed by atoms with Crippen LogP contribution in [0.1, 0.15) is 52.1 Å². The average molecular weight is 568 g/mol. The molecule has 0 aliphatic carbocycles. The lowest BCUT2D eigenvalue weighted by molar-refractivity contribution is -0.141. The van der Waals surface area contributed by atoms with Gasteiger partial charge in [0.15, 0.2) is 5.76 Å². The van der Waals surface area contributed by atoms with Gasteiger partial charge in [0.2, 0.25) is 12.3 Å². The van der Waals surface area contributed by atoms with E-state index in [0.29, 0.717) is 44.5 Å². The molecular formula is C33H33N3O6. The smallest absolute Gasteiger partial charge is 0.306 e. The molecule has 2 aliphatic heterocycles. The van der Waals surface area contributed by atoms with Crippen molar-refractivity contribution in [1.29, 1.82) is 0 Å². The highest BCUT2D eigenvalue weighted by Crippen LogP contribution is 2.30. The number of hydrogen-bond acceptors (Lipinski definition) is 6. The van der Waals surface area contributed by atoms with Crippen LogP contribution in [0.5, 0.6) is 0 Å². The van der Waals surface area contributed by atoms with Gasteiger partial charge in [-0.25, -0.2) is 0 Å². The largest absolute Gasteiger partial charge is 0.469 e. The molecule has 5 rings (SSSR count). The number of benzene rings is 2. The van der Waals surface area contributed by atoms with Crippen molar-refractivity contribution in [3.05, 3.63) is 76.6 Å². The first-order valence-corrected chi connectivity index (χ1v) is 13.9. The van der Waals surface area contributed by atoms with Crippen molar-refractivity contribution >= 4 is 40.7 Å². The number of carbonyl (C=O) groups excluding carboxylic acids is 4. The molecule has 3 amide bonds. The minimum atomic E-state index is -0.636. The number of fused-ring (bicyclic) bond motifs is 2. The molecule has 0 fully saturated rings. The third-order valence-electron chi connectivity index (χ3n) is 7.72. The number of carbonyl (C=O) groups is 4. The van der Waals surface area contributed by atoms with Crippen molar-refractivity contribution in [3.8, 4) is 11.8 Å². The monoisotopic (exact) mass is 567 g/mol. The molecule has 0 radical (unpaired) electrons. The molecule has 1 atom stereocenters. The van der Waals surface area contributed by atoms with Crippen LogP contribution in [0.25, 0.3) is 16.5 Å². The van der Waals surface area contributed by atoms with E-state index in [4.69, 9.17) is 4.42 Å². The number of ether oxygens (including phenoxy) is 1. The third kappa shape index (κ3) is 5.93. The van der Waals surface area contributed by atoms with Crippen LogP contribution in [-0.4, -0.2) is 79.2 Å². The first kappa shape index (κ1) is 28.7. The molecule has 3 aromatic rings. The lowest BCUT2D eigenvalue weighted by Crippen LogP contribution is -2.52. The number of esters is 1. The Balaban J connectivity index is 1.33. The summed E-state index contributed by atoms with van der Waals surface area (Å²) in [7, 11) is 4.71. The molecule has 3 heterocycles. The van der Waals surface area contributed by atoms with Gasteiger partial charge in [-0.05, 0) is 52.9 Å². The summed E-state index contributed by atoms with van der Waals surface area (Å²) in [6, 6.07) is 12.6. The van der Waals surface area contributed by atoms with Gasteiger partial charge in [-0.1, -0.05) is 36.1 Å². The van der Waals surface area contributed by atoms with Gasteiger partial charge in [0.25, 0.3) is 5.91 Å². The molecule has 2 aliphatic rings. The van der Waals surface area contributed by atoms with Gasteiger partial charge < -0.3 is 23.9 Å². The zero-order chi connectivity index (χ0) is 29.8. The van der Waals surface area contributed by atoms with E-state index in [1.807, 2.05) is 41.3 Å². The van der Waals surface area contributed by atoms with E-state index in [0.717, 1.165) is 39.6 Å². The Morgan fingerprint density at radius 3 is 2.74 bits per heavy atom. The lowest BCUT2D eigenvalue weighted by Gasteiger charge is -2.38. The Kier molecular flexibility index (Phi) is 8.43. The normalized spacial score (nSPS) is 16.2. The first-order valence-electron chi connectivity index (χ1n) is 13.9. The Labute approximate surface area is 244 Å². The lowest BCUT2D eigenvalue weighted by atomic mass is 9.89. The van der Waals surface area contributed by atoms with E-state index in [9.17, 15) is 19.2 Å². The minimum absolute atomic E-state index is 0.102. The zero-order valence-corrected chi connectivity index (χ0v) is 24.0. The van der Waals surface area contributed by atoms with Crippen LogP contribution in [-0.2, 0) is 32.1 Å². The number of amides is 3. The fourth-order valence-corrected chi connectivity index (χ4v) is 5.44. The first-order chi connectivity index (χ1) is 20.3. The molecule has 0 spiro atoms. The van der Waals surface area contributed by atoms with E-state index >= 15 is 0 Å². The van der Waals surface area contributed by atoms with Gasteiger partial charge in [-0.2, -0.15) is 0 Å². The van der Waals surface area contributed by atoms with E-state index in [1.54, 1.807) is 25.1 Å². The minimum Gasteiger partial charge on any atom is -0.469 e. The highest BCUT2D eigenvalue weighted by atomic mass is 16.5. The topological polar surface area (TPSA) is 100 Å². The third-order valence-corrected chi connectivity index (χ3v) is 7.72. The van der Waals surface area contributed by atoms with Crippen molar-refractivity contribution in [1.82, 2.24) is 14.7 Å². The molecule has 42 heavy (non-hydrogen) atoms. The predicted molar refractivity (Wildman–Crippen MR) is 157 cm³/mol. The average Bonchev–Trinajstić information content (AvgIpc) is 3.45. The maximum Gasteiger partial charge on any atom is 0.306 e. The number of methoxy groups -OCH3 is 1. The molecule has 9 heteroatoms. The summed E-state index contributed by atoms with van der Waals surface area (Å²) in [5.41, 5.74) is 5.31. The van der Waals surface area contributed by atoms with Crippen LogP contribution >= 0.6 is 0 Å². The Hall–Kier alpha value is -4.84. The van der Waals surface area contributed by atoms with Crippen LogP contribution in [0.3, 0.4) is 0 Å². The van der Waals surface area contributed by atoms with Gasteiger partial charge in [-0.3, -0.25) is 19.2 Å². The van der Waals surface area contributed by atoms with Crippen LogP contribution < -0.4 is 0 Å². The molecule has 2 aromatic carbocycles. The second kappa shape index (κ2) is 12.4. The van der Waals surface area contributed by atoms with Crippen LogP contribution in [0.15, 0.2) is 53.0 Å². The van der Waals surface area contributed by atoms with Gasteiger partial charge in [-0.15, -0.1) is 0 Å². The summed E-state index contributed by atoms with van der Waals surface area (Å²) in [5, 5.41) is 0.818. The fraction of sp³-hybridized carbons (Fsp3) is 0.333. The molecule has 216 valence electrons. The highest BCUT2D eigenvalue weighted by Gasteiger charge is 2.35. The second-order valence-corrected chi connectivity index (χ2v) is 10.7. The summed E-state index contributed by atoms with van der Waals surface area (Å²) in [6.07, 6.45) is 4.53. The maximum atomic E-state index is 13.9. The fourth-order valence-electron chi connectivity index (χ4n) is 5.44. The summed E-state index contributed by atoms with van der Waals surface area (Å²) >= 11 is 0. The quantitative estimate of drug-likeness (QED) is 0.256. The Morgan fingerprint density at radius 1 is 1.14 bits per heavy atom. The predicted octanol–water partition coefficient (Wildman–Crippen LogP) is 3.64. The van der Waals surface area contributed by atoms with Crippen molar-refractivity contribution in [3.63, 3.8) is 0 Å². The molecule has 9 nitrogen and oxygen atoms in total. The zero-order valence-electron chi connectivity index (χ0n) is 24.0. The van der Waals surface area contributed by atoms with Gasteiger partial charge in [0, 0.05) is 57.5 Å². The standard InChI is InChI=1S/C33H33N3O6/c1-34(2)33(40)30-17-26-16-23(13-14-29(26)42-30)24-11-7-15-35(19-24)32(39)28-18-27-22(8-4-5-12-31(38)41-3)9-6-10-25(27)20-36(28)21-37/h6,9-11,13-14,16-17,21,28H,5,7,12,15,18-20H2,1-3H3. The maximum absolute atomic E-state index is 13.9. The summed E-state index contributed by atoms with van der Waals surface area (Å²) < 4.78 is 10.4. The number of furan rings is 1. The van der Waals surface area contributed by atoms with Crippen LogP contribution in [0.4, 0.5) is 0 Å².